The van der Waals surface area contributed by atoms with Gasteiger partial charge in [0, 0.05) is 33.7 Å². The molecular formula is C58H43N3O2. The Bertz CT molecular complexity index is 3490. The molecule has 11 rings (SSSR count). The normalized spacial score (nSPS) is 11.8. The number of aromatic hydroxyl groups is 1. The van der Waals surface area contributed by atoms with Crippen LogP contribution < -0.4 is 0 Å². The molecule has 11 aromatic rings. The molecule has 1 N–H and O–H groups in total. The quantitative estimate of drug-likeness (QED) is 0.174. The van der Waals surface area contributed by atoms with E-state index < -0.39 is 0 Å². The van der Waals surface area contributed by atoms with E-state index in [0.717, 1.165) is 88.8 Å². The van der Waals surface area contributed by atoms with Crippen LogP contribution in [0.25, 0.3) is 106 Å². The monoisotopic (exact) mass is 813 g/mol. The SMILES string of the molecule is CC(C)(C)c1ccc(-n2c(-c3cc4oc5ccccc5c4cc3O)nc3c(-c4cc(-c5ccccc5)cc(-c5cc(-c6ccccc6)ccn5)c4)cccc32)c(-c2ccccc2)c1. The Hall–Kier alpha value is -8.02. The minimum absolute atomic E-state index is 0.0867. The van der Waals surface area contributed by atoms with Crippen molar-refractivity contribution in [2.24, 2.45) is 0 Å². The fourth-order valence-electron chi connectivity index (χ4n) is 8.87. The van der Waals surface area contributed by atoms with Gasteiger partial charge in [0.1, 0.15) is 22.7 Å². The lowest BCUT2D eigenvalue weighted by Crippen LogP contribution is -2.12. The van der Waals surface area contributed by atoms with Gasteiger partial charge in [0.15, 0.2) is 0 Å². The molecule has 0 fully saturated rings. The lowest BCUT2D eigenvalue weighted by atomic mass is 9.85. The summed E-state index contributed by atoms with van der Waals surface area (Å²) >= 11 is 0. The molecule has 0 saturated carbocycles. The van der Waals surface area contributed by atoms with Gasteiger partial charge < -0.3 is 9.52 Å². The molecule has 0 spiro atoms. The van der Waals surface area contributed by atoms with E-state index >= 15 is 0 Å². The molecule has 0 radical (unpaired) electrons. The van der Waals surface area contributed by atoms with Crippen LogP contribution in [0.2, 0.25) is 0 Å². The maximum Gasteiger partial charge on any atom is 0.149 e. The zero-order chi connectivity index (χ0) is 42.7. The van der Waals surface area contributed by atoms with E-state index in [4.69, 9.17) is 14.4 Å². The highest BCUT2D eigenvalue weighted by atomic mass is 16.3. The van der Waals surface area contributed by atoms with Gasteiger partial charge in [-0.05, 0) is 111 Å². The first-order valence-electron chi connectivity index (χ1n) is 21.4. The Morgan fingerprint density at radius 1 is 0.476 bits per heavy atom. The molecule has 302 valence electrons. The third-order valence-corrected chi connectivity index (χ3v) is 12.1. The van der Waals surface area contributed by atoms with Gasteiger partial charge in [0.05, 0.1) is 28.0 Å². The number of aromatic nitrogens is 3. The Morgan fingerprint density at radius 2 is 1.14 bits per heavy atom. The van der Waals surface area contributed by atoms with Crippen LogP contribution in [0, 0.1) is 0 Å². The van der Waals surface area contributed by atoms with E-state index in [1.54, 1.807) is 0 Å². The zero-order valence-electron chi connectivity index (χ0n) is 35.2. The average molecular weight is 814 g/mol. The molecule has 0 aliphatic heterocycles. The number of pyridine rings is 1. The number of fused-ring (bicyclic) bond motifs is 4. The molecule has 0 unspecified atom stereocenters. The zero-order valence-corrected chi connectivity index (χ0v) is 35.2. The van der Waals surface area contributed by atoms with Crippen molar-refractivity contribution < 1.29 is 9.52 Å². The van der Waals surface area contributed by atoms with Crippen molar-refractivity contribution in [1.29, 1.82) is 0 Å². The first-order valence-corrected chi connectivity index (χ1v) is 21.4. The second-order valence-electron chi connectivity index (χ2n) is 17.2. The molecule has 3 aromatic heterocycles. The number of rotatable bonds is 7. The van der Waals surface area contributed by atoms with Crippen LogP contribution in [0.15, 0.2) is 205 Å². The van der Waals surface area contributed by atoms with Gasteiger partial charge in [-0.15, -0.1) is 0 Å². The number of para-hydroxylation sites is 2. The van der Waals surface area contributed by atoms with E-state index in [9.17, 15) is 5.11 Å². The van der Waals surface area contributed by atoms with Gasteiger partial charge in [-0.2, -0.15) is 0 Å². The maximum absolute atomic E-state index is 12.1. The molecular weight excluding hydrogens is 771 g/mol. The highest BCUT2D eigenvalue weighted by molar-refractivity contribution is 6.07. The van der Waals surface area contributed by atoms with Crippen LogP contribution in [0.3, 0.4) is 0 Å². The lowest BCUT2D eigenvalue weighted by molar-refractivity contribution is 0.477. The molecule has 0 saturated heterocycles. The Labute approximate surface area is 366 Å². The number of furan rings is 1. The van der Waals surface area contributed by atoms with E-state index in [0.29, 0.717) is 17.0 Å². The number of hydrogen-bond acceptors (Lipinski definition) is 4. The smallest absolute Gasteiger partial charge is 0.149 e. The Balaban J connectivity index is 1.19. The van der Waals surface area contributed by atoms with Gasteiger partial charge in [0.25, 0.3) is 0 Å². The van der Waals surface area contributed by atoms with Crippen LogP contribution in [0.4, 0.5) is 0 Å². The van der Waals surface area contributed by atoms with Crippen molar-refractivity contribution in [3.05, 3.63) is 206 Å². The van der Waals surface area contributed by atoms with Crippen LogP contribution in [0.1, 0.15) is 26.3 Å². The largest absolute Gasteiger partial charge is 0.507 e. The molecule has 0 bridgehead atoms. The average Bonchev–Trinajstić information content (AvgIpc) is 3.89. The van der Waals surface area contributed by atoms with E-state index in [1.807, 2.05) is 60.8 Å². The Morgan fingerprint density at radius 3 is 1.89 bits per heavy atom. The topological polar surface area (TPSA) is 64.1 Å². The molecule has 5 heteroatoms. The number of nitrogens with zero attached hydrogens (tertiary/aromatic N) is 3. The first kappa shape index (κ1) is 37.9. The molecule has 0 amide bonds. The standard InChI is InChI=1S/C58H43N3O2/c1-58(2,3)44-26-27-51(47(34-44)39-20-11-6-12-21-39)61-52-24-15-23-45(56(52)60-57(61)49-36-55-48(35-53(49)62)46-22-13-14-25-54(46)63-55)42-30-41(38-18-9-5-10-19-38)31-43(32-42)50-33-40(28-29-59-50)37-16-7-4-8-17-37/h4-36,62H,1-3H3. The summed E-state index contributed by atoms with van der Waals surface area (Å²) in [4.78, 5) is 10.5. The molecule has 8 aromatic carbocycles. The van der Waals surface area contributed by atoms with Crippen molar-refractivity contribution in [1.82, 2.24) is 14.5 Å². The molecule has 0 aliphatic rings. The first-order chi connectivity index (χ1) is 30.8. The third kappa shape index (κ3) is 6.84. The predicted octanol–water partition coefficient (Wildman–Crippen LogP) is 15.3. The number of hydrogen-bond donors (Lipinski definition) is 1. The fraction of sp³-hybridized carbons (Fsp3) is 0.0690. The van der Waals surface area contributed by atoms with Crippen molar-refractivity contribution in [3.8, 4) is 78.6 Å². The fourth-order valence-corrected chi connectivity index (χ4v) is 8.87. The second kappa shape index (κ2) is 15.2. The summed E-state index contributed by atoms with van der Waals surface area (Å²) in [6, 6.07) is 67.2. The minimum Gasteiger partial charge on any atom is -0.507 e. The number of phenolic OH excluding ortho intramolecular Hbond substituents is 1. The van der Waals surface area contributed by atoms with Gasteiger partial charge in [-0.3, -0.25) is 9.55 Å². The lowest BCUT2D eigenvalue weighted by Gasteiger charge is -2.23. The van der Waals surface area contributed by atoms with Crippen molar-refractivity contribution in [2.45, 2.75) is 26.2 Å². The Kier molecular flexibility index (Phi) is 9.13. The molecule has 3 heterocycles. The summed E-state index contributed by atoms with van der Waals surface area (Å²) in [7, 11) is 0. The van der Waals surface area contributed by atoms with E-state index in [-0.39, 0.29) is 11.2 Å². The minimum atomic E-state index is -0.0867. The van der Waals surface area contributed by atoms with Crippen LogP contribution in [-0.4, -0.2) is 19.6 Å². The molecule has 0 aliphatic carbocycles. The third-order valence-electron chi connectivity index (χ3n) is 12.1. The van der Waals surface area contributed by atoms with Crippen LogP contribution in [-0.2, 0) is 5.41 Å². The summed E-state index contributed by atoms with van der Waals surface area (Å²) in [5.41, 5.74) is 16.2. The van der Waals surface area contributed by atoms with Gasteiger partial charge in [0.2, 0.25) is 0 Å². The molecule has 5 nitrogen and oxygen atoms in total. The van der Waals surface area contributed by atoms with E-state index in [2.05, 4.69) is 165 Å². The summed E-state index contributed by atoms with van der Waals surface area (Å²) < 4.78 is 8.63. The summed E-state index contributed by atoms with van der Waals surface area (Å²) in [6.45, 7) is 6.73. The van der Waals surface area contributed by atoms with Crippen molar-refractivity contribution >= 4 is 33.0 Å². The number of benzene rings is 8. The van der Waals surface area contributed by atoms with E-state index in [1.165, 1.54) is 5.56 Å². The van der Waals surface area contributed by atoms with Crippen molar-refractivity contribution in [2.75, 3.05) is 0 Å². The van der Waals surface area contributed by atoms with Gasteiger partial charge in [-0.1, -0.05) is 148 Å². The molecule has 0 atom stereocenters. The van der Waals surface area contributed by atoms with Gasteiger partial charge >= 0.3 is 0 Å². The summed E-state index contributed by atoms with van der Waals surface area (Å²) in [5.74, 6) is 0.729. The highest BCUT2D eigenvalue weighted by Gasteiger charge is 2.25. The molecule has 63 heavy (non-hydrogen) atoms. The van der Waals surface area contributed by atoms with Crippen molar-refractivity contribution in [3.63, 3.8) is 0 Å². The summed E-state index contributed by atoms with van der Waals surface area (Å²) in [5, 5.41) is 13.9. The summed E-state index contributed by atoms with van der Waals surface area (Å²) in [6.07, 6.45) is 1.89. The van der Waals surface area contributed by atoms with Crippen LogP contribution in [0.5, 0.6) is 5.75 Å². The number of imidazole rings is 1. The maximum atomic E-state index is 12.1. The van der Waals surface area contributed by atoms with Gasteiger partial charge in [-0.25, -0.2) is 4.98 Å². The highest BCUT2D eigenvalue weighted by Crippen LogP contribution is 2.44. The predicted molar refractivity (Wildman–Crippen MR) is 259 cm³/mol. The van der Waals surface area contributed by atoms with Crippen LogP contribution >= 0.6 is 0 Å². The number of phenols is 1. The second-order valence-corrected chi connectivity index (χ2v) is 17.2.